The maximum absolute atomic E-state index is 9.58. The van der Waals surface area contributed by atoms with Gasteiger partial charge in [-0.3, -0.25) is 0 Å². The van der Waals surface area contributed by atoms with E-state index in [1.165, 1.54) is 24.3 Å². The molecule has 10 nitrogen and oxygen atoms in total. The fourth-order valence-corrected chi connectivity index (χ4v) is 0.928. The molecule has 2 aromatic rings. The van der Waals surface area contributed by atoms with Gasteiger partial charge in [-0.2, -0.15) is 0 Å². The largest absolute Gasteiger partial charge is 0.504 e. The van der Waals surface area contributed by atoms with Crippen LogP contribution in [0.5, 0.6) is 23.0 Å². The molecule has 0 saturated heterocycles. The average molecular weight is 382 g/mol. The Kier molecular flexibility index (Phi) is 8.49. The highest BCUT2D eigenvalue weighted by Gasteiger charge is 2.37. The lowest BCUT2D eigenvalue weighted by atomic mass is 10.3. The molecule has 12 heteroatoms. The molecular weight excluding hydrogens is 366 g/mol. The number of para-hydroxylation sites is 4. The number of benzene rings is 2. The molecule has 0 fully saturated rings. The second-order valence-electron chi connectivity index (χ2n) is 4.00. The number of hydrogen-bond donors (Lipinski definition) is 8. The van der Waals surface area contributed by atoms with Crippen molar-refractivity contribution in [1.29, 1.82) is 0 Å². The second kappa shape index (κ2) is 9.29. The average Bonchev–Trinajstić information content (AvgIpc) is 2.45. The minimum absolute atomic E-state index is 0.0764. The molecule has 0 amide bonds. The van der Waals surface area contributed by atoms with Crippen LogP contribution in [0, 0.1) is 0 Å². The van der Waals surface area contributed by atoms with Crippen LogP contribution in [0.3, 0.4) is 0 Å². The van der Waals surface area contributed by atoms with Gasteiger partial charge < -0.3 is 40.0 Å². The molecule has 134 valence electrons. The monoisotopic (exact) mass is 382 g/mol. The molecule has 2 rings (SSSR count). The van der Waals surface area contributed by atoms with Crippen LogP contribution in [0.15, 0.2) is 48.5 Å². The van der Waals surface area contributed by atoms with Gasteiger partial charge in [-0.25, -0.2) is 9.13 Å². The molecule has 0 heterocycles. The highest BCUT2D eigenvalue weighted by molar-refractivity contribution is 8.26. The molecule has 24 heavy (non-hydrogen) atoms. The number of aromatic hydroxyl groups is 4. The molecule has 0 atom stereocenters. The van der Waals surface area contributed by atoms with Crippen LogP contribution in [0.4, 0.5) is 0 Å². The summed E-state index contributed by atoms with van der Waals surface area (Å²) in [6, 6.07) is 12.3. The fourth-order valence-electron chi connectivity index (χ4n) is 0.928. The molecule has 0 unspecified atom stereocenters. The van der Waals surface area contributed by atoms with Gasteiger partial charge in [0.1, 0.15) is 0 Å². The minimum Gasteiger partial charge on any atom is -0.504 e. The summed E-state index contributed by atoms with van der Waals surface area (Å²) in [6.45, 7) is 0. The van der Waals surface area contributed by atoms with Crippen molar-refractivity contribution < 1.29 is 49.1 Å². The molecule has 2 aromatic carbocycles. The molecule has 0 aliphatic heterocycles. The van der Waals surface area contributed by atoms with Crippen LogP contribution >= 0.6 is 14.6 Å². The number of phenolic OH excluding ortho intramolecular Hbond substituents is 4. The normalized spacial score (nSPS) is 10.7. The van der Waals surface area contributed by atoms with E-state index in [-0.39, 0.29) is 23.0 Å². The SMILES string of the molecule is O=P(O)(O)P(=O)(O)O.Oc1ccccc1O.Oc1ccccc1O. The van der Waals surface area contributed by atoms with Crippen molar-refractivity contribution in [3.8, 4) is 23.0 Å². The van der Waals surface area contributed by atoms with Gasteiger partial charge in [-0.15, -0.1) is 0 Å². The Morgan fingerprint density at radius 1 is 0.500 bits per heavy atom. The minimum atomic E-state index is -5.18. The van der Waals surface area contributed by atoms with Crippen LogP contribution in [0.25, 0.3) is 0 Å². The third kappa shape index (κ3) is 8.54. The molecule has 0 aliphatic carbocycles. The van der Waals surface area contributed by atoms with E-state index >= 15 is 0 Å². The Balaban J connectivity index is 0.000000331. The molecule has 0 radical (unpaired) electrons. The molecule has 8 N–H and O–H groups in total. The van der Waals surface area contributed by atoms with Crippen LogP contribution < -0.4 is 0 Å². The number of phenols is 4. The van der Waals surface area contributed by atoms with Crippen molar-refractivity contribution >= 4 is 14.6 Å². The summed E-state index contributed by atoms with van der Waals surface area (Å²) in [4.78, 5) is 30.8. The topological polar surface area (TPSA) is 196 Å². The predicted molar refractivity (Wildman–Crippen MR) is 83.6 cm³/mol. The Hall–Kier alpha value is -2.06. The van der Waals surface area contributed by atoms with Crippen molar-refractivity contribution in [2.45, 2.75) is 0 Å². The Bertz CT molecular complexity index is 631. The van der Waals surface area contributed by atoms with E-state index in [4.69, 9.17) is 40.0 Å². The smallest absolute Gasteiger partial charge is 0.435 e. The van der Waals surface area contributed by atoms with Gasteiger partial charge in [0, 0.05) is 0 Å². The highest BCUT2D eigenvalue weighted by Crippen LogP contribution is 2.71. The summed E-state index contributed by atoms with van der Waals surface area (Å²) in [5.41, 5.74) is 0. The highest BCUT2D eigenvalue weighted by atomic mass is 32.1. The van der Waals surface area contributed by atoms with E-state index in [1.54, 1.807) is 24.3 Å². The Morgan fingerprint density at radius 2 is 0.667 bits per heavy atom. The fraction of sp³-hybridized carbons (Fsp3) is 0. The summed E-state index contributed by atoms with van der Waals surface area (Å²) >= 11 is 0. The van der Waals surface area contributed by atoms with Crippen molar-refractivity contribution in [2.24, 2.45) is 0 Å². The van der Waals surface area contributed by atoms with Crippen molar-refractivity contribution in [3.05, 3.63) is 48.5 Å². The maximum Gasteiger partial charge on any atom is 0.435 e. The summed E-state index contributed by atoms with van der Waals surface area (Å²) < 4.78 is 19.2. The lowest BCUT2D eigenvalue weighted by molar-refractivity contribution is 0.340. The van der Waals surface area contributed by atoms with Crippen LogP contribution in [-0.2, 0) is 9.13 Å². The first-order chi connectivity index (χ1) is 10.9. The first-order valence-corrected chi connectivity index (χ1v) is 9.84. The Labute approximate surface area is 136 Å². The molecule has 0 aromatic heterocycles. The summed E-state index contributed by atoms with van der Waals surface area (Å²) in [5.74, 6) is -0.306. The van der Waals surface area contributed by atoms with Crippen molar-refractivity contribution in [1.82, 2.24) is 0 Å². The van der Waals surface area contributed by atoms with E-state index in [1.807, 2.05) is 0 Å². The molecule has 0 saturated carbocycles. The third-order valence-electron chi connectivity index (χ3n) is 2.10. The summed E-state index contributed by atoms with van der Waals surface area (Å²) in [7, 11) is -10.4. The van der Waals surface area contributed by atoms with Crippen molar-refractivity contribution in [2.75, 3.05) is 0 Å². The molecule has 0 aliphatic rings. The van der Waals surface area contributed by atoms with Crippen LogP contribution in [0.1, 0.15) is 0 Å². The summed E-state index contributed by atoms with van der Waals surface area (Å²) in [5, 5.41) is 34.7. The quantitative estimate of drug-likeness (QED) is 0.264. The third-order valence-corrected chi connectivity index (χ3v) is 4.82. The van der Waals surface area contributed by atoms with Gasteiger partial charge in [-0.1, -0.05) is 24.3 Å². The van der Waals surface area contributed by atoms with Gasteiger partial charge in [0.15, 0.2) is 23.0 Å². The van der Waals surface area contributed by atoms with E-state index in [9.17, 15) is 9.13 Å². The molecule has 0 spiro atoms. The van der Waals surface area contributed by atoms with E-state index < -0.39 is 14.6 Å². The summed E-state index contributed by atoms with van der Waals surface area (Å²) in [6.07, 6.45) is 0. The first kappa shape index (κ1) is 21.9. The molecule has 0 bridgehead atoms. The zero-order valence-corrected chi connectivity index (χ0v) is 13.7. The zero-order chi connectivity index (χ0) is 19.0. The second-order valence-corrected chi connectivity index (χ2v) is 9.18. The Morgan fingerprint density at radius 3 is 0.750 bits per heavy atom. The van der Waals surface area contributed by atoms with Crippen LogP contribution in [-0.4, -0.2) is 40.0 Å². The van der Waals surface area contributed by atoms with Crippen molar-refractivity contribution in [3.63, 3.8) is 0 Å². The standard InChI is InChI=1S/2C6H6O2.H4O6P2/c2*7-5-3-1-2-4-6(5)8;1-7(2,3)8(4,5)6/h2*1-4,7-8H;(H2,1,2,3)(H2,4,5,6). The van der Waals surface area contributed by atoms with E-state index in [0.29, 0.717) is 0 Å². The van der Waals surface area contributed by atoms with Gasteiger partial charge in [0.25, 0.3) is 0 Å². The molecular formula is C12H16O10P2. The van der Waals surface area contributed by atoms with E-state index in [2.05, 4.69) is 0 Å². The van der Waals surface area contributed by atoms with E-state index in [0.717, 1.165) is 0 Å². The number of rotatable bonds is 1. The van der Waals surface area contributed by atoms with Gasteiger partial charge in [-0.05, 0) is 24.3 Å². The number of hydrogen-bond acceptors (Lipinski definition) is 6. The first-order valence-electron chi connectivity index (χ1n) is 5.91. The maximum atomic E-state index is 9.58. The predicted octanol–water partition coefficient (Wildman–Crippen LogP) is 1.45. The van der Waals surface area contributed by atoms with Gasteiger partial charge in [0.05, 0.1) is 0 Å². The van der Waals surface area contributed by atoms with Gasteiger partial charge >= 0.3 is 14.6 Å². The lowest BCUT2D eigenvalue weighted by Gasteiger charge is -2.02. The zero-order valence-electron chi connectivity index (χ0n) is 11.9. The lowest BCUT2D eigenvalue weighted by Crippen LogP contribution is -1.78. The van der Waals surface area contributed by atoms with Gasteiger partial charge in [0.2, 0.25) is 0 Å². The van der Waals surface area contributed by atoms with Crippen LogP contribution in [0.2, 0.25) is 0 Å².